The van der Waals surface area contributed by atoms with Crippen LogP contribution in [0.2, 0.25) is 0 Å². The molecule has 0 unspecified atom stereocenters. The maximum absolute atomic E-state index is 14.2. The standard InChI is InChI=1S/C34H47N5O4/c1-24(27-23-36-28-17-9-8-16-26(27)28)30(31(40)37-29(18-10-11-19-35)32(41)43-34(2,3)4)39-22-21-38(33(39)42)20-12-15-25-13-6-5-7-14-25/h5-9,13-14,16-17,23-24,29-30,36H,10-12,15,18-22,35H2,1-4H3,(H,37,40)/t24-,29-,30+/m0/s1. The van der Waals surface area contributed by atoms with E-state index in [2.05, 4.69) is 22.4 Å². The molecule has 3 atom stereocenters. The molecule has 1 aliphatic rings. The van der Waals surface area contributed by atoms with Crippen LogP contribution in [0.15, 0.2) is 60.8 Å². The molecule has 0 radical (unpaired) electrons. The molecular weight excluding hydrogens is 542 g/mol. The lowest BCUT2D eigenvalue weighted by atomic mass is 9.91. The van der Waals surface area contributed by atoms with Gasteiger partial charge < -0.3 is 30.6 Å². The van der Waals surface area contributed by atoms with Crippen molar-refractivity contribution in [3.8, 4) is 0 Å². The van der Waals surface area contributed by atoms with Crippen LogP contribution in [-0.2, 0) is 20.7 Å². The van der Waals surface area contributed by atoms with Gasteiger partial charge in [-0.1, -0.05) is 55.5 Å². The summed E-state index contributed by atoms with van der Waals surface area (Å²) in [6.07, 6.45) is 5.43. The second-order valence-corrected chi connectivity index (χ2v) is 12.5. The Hall–Kier alpha value is -3.85. The molecule has 3 amide bonds. The number of carbonyl (C=O) groups excluding carboxylic acids is 3. The number of urea groups is 1. The van der Waals surface area contributed by atoms with Crippen molar-refractivity contribution in [2.24, 2.45) is 5.73 Å². The van der Waals surface area contributed by atoms with Gasteiger partial charge in [0.05, 0.1) is 0 Å². The van der Waals surface area contributed by atoms with E-state index in [4.69, 9.17) is 10.5 Å². The first-order chi connectivity index (χ1) is 20.6. The molecule has 1 saturated heterocycles. The number of esters is 1. The van der Waals surface area contributed by atoms with Crippen molar-refractivity contribution in [2.45, 2.75) is 83.4 Å². The van der Waals surface area contributed by atoms with Gasteiger partial charge in [-0.3, -0.25) is 4.79 Å². The third kappa shape index (κ3) is 8.38. The Bertz CT molecular complexity index is 1370. The molecule has 1 aromatic heterocycles. The predicted molar refractivity (Wildman–Crippen MR) is 170 cm³/mol. The third-order valence-corrected chi connectivity index (χ3v) is 8.01. The number of nitrogens with one attached hydrogen (secondary N) is 2. The van der Waals surface area contributed by atoms with E-state index in [-0.39, 0.29) is 17.9 Å². The Labute approximate surface area is 255 Å². The average Bonchev–Trinajstić information content (AvgIpc) is 3.56. The molecule has 2 aromatic carbocycles. The molecule has 0 aliphatic carbocycles. The van der Waals surface area contributed by atoms with Gasteiger partial charge in [-0.25, -0.2) is 9.59 Å². The molecule has 0 bridgehead atoms. The summed E-state index contributed by atoms with van der Waals surface area (Å²) in [4.78, 5) is 48.0. The Morgan fingerprint density at radius 2 is 1.74 bits per heavy atom. The molecule has 4 rings (SSSR count). The summed E-state index contributed by atoms with van der Waals surface area (Å²) in [5.74, 6) is -1.18. The monoisotopic (exact) mass is 589 g/mol. The van der Waals surface area contributed by atoms with Gasteiger partial charge in [-0.15, -0.1) is 0 Å². The molecule has 4 N–H and O–H groups in total. The molecule has 1 fully saturated rings. The van der Waals surface area contributed by atoms with Crippen molar-refractivity contribution in [3.63, 3.8) is 0 Å². The fourth-order valence-corrected chi connectivity index (χ4v) is 5.84. The van der Waals surface area contributed by atoms with Crippen LogP contribution in [0.3, 0.4) is 0 Å². The zero-order chi connectivity index (χ0) is 31.0. The van der Waals surface area contributed by atoms with Gasteiger partial charge in [-0.05, 0) is 76.6 Å². The summed E-state index contributed by atoms with van der Waals surface area (Å²) in [7, 11) is 0. The van der Waals surface area contributed by atoms with Crippen molar-refractivity contribution < 1.29 is 19.1 Å². The third-order valence-electron chi connectivity index (χ3n) is 8.01. The van der Waals surface area contributed by atoms with E-state index < -0.39 is 23.7 Å². The fraction of sp³-hybridized carbons (Fsp3) is 0.500. The number of aromatic amines is 1. The Morgan fingerprint density at radius 1 is 1.02 bits per heavy atom. The molecule has 9 nitrogen and oxygen atoms in total. The first kappa shape index (κ1) is 32.1. The maximum Gasteiger partial charge on any atom is 0.329 e. The van der Waals surface area contributed by atoms with Crippen LogP contribution in [0.4, 0.5) is 4.79 Å². The maximum atomic E-state index is 14.2. The molecule has 2 heterocycles. The highest BCUT2D eigenvalue weighted by atomic mass is 16.6. The molecular formula is C34H47N5O4. The highest BCUT2D eigenvalue weighted by molar-refractivity contribution is 5.93. The van der Waals surface area contributed by atoms with E-state index >= 15 is 0 Å². The van der Waals surface area contributed by atoms with Crippen LogP contribution in [0.25, 0.3) is 10.9 Å². The summed E-state index contributed by atoms with van der Waals surface area (Å²) in [6.45, 7) is 9.48. The smallest absolute Gasteiger partial charge is 0.329 e. The normalized spacial score (nSPS) is 15.9. The number of aromatic nitrogens is 1. The molecule has 9 heteroatoms. The minimum Gasteiger partial charge on any atom is -0.458 e. The highest BCUT2D eigenvalue weighted by Gasteiger charge is 2.42. The quantitative estimate of drug-likeness (QED) is 0.181. The van der Waals surface area contributed by atoms with Gasteiger partial charge in [0.25, 0.3) is 0 Å². The summed E-state index contributed by atoms with van der Waals surface area (Å²) in [5, 5.41) is 3.99. The van der Waals surface area contributed by atoms with E-state index in [0.717, 1.165) is 35.7 Å². The minimum absolute atomic E-state index is 0.156. The van der Waals surface area contributed by atoms with Gasteiger partial charge in [0.2, 0.25) is 5.91 Å². The molecule has 0 saturated carbocycles. The topological polar surface area (TPSA) is 121 Å². The summed E-state index contributed by atoms with van der Waals surface area (Å²) in [5.41, 5.74) is 8.15. The second kappa shape index (κ2) is 14.6. The van der Waals surface area contributed by atoms with E-state index in [9.17, 15) is 14.4 Å². The number of nitrogens with zero attached hydrogens (tertiary/aromatic N) is 2. The molecule has 43 heavy (non-hydrogen) atoms. The van der Waals surface area contributed by atoms with Crippen molar-refractivity contribution in [1.82, 2.24) is 20.1 Å². The van der Waals surface area contributed by atoms with Gasteiger partial charge in [0, 0.05) is 42.7 Å². The number of hydrogen-bond donors (Lipinski definition) is 3. The Morgan fingerprint density at radius 3 is 2.47 bits per heavy atom. The SMILES string of the molecule is C[C@@H](c1c[nH]c2ccccc12)[C@H](C(=O)N[C@@H](CCCCN)C(=O)OC(C)(C)C)N1CCN(CCCc2ccccc2)C1=O. The summed E-state index contributed by atoms with van der Waals surface area (Å²) in [6, 6.07) is 16.4. The number of unbranched alkanes of at least 4 members (excludes halogenated alkanes) is 1. The molecule has 0 spiro atoms. The lowest BCUT2D eigenvalue weighted by molar-refractivity contribution is -0.159. The van der Waals surface area contributed by atoms with Crippen LogP contribution in [0.1, 0.15) is 70.4 Å². The van der Waals surface area contributed by atoms with E-state index in [1.165, 1.54) is 5.56 Å². The predicted octanol–water partition coefficient (Wildman–Crippen LogP) is 4.97. The Kier molecular flexibility index (Phi) is 10.9. The van der Waals surface area contributed by atoms with Crippen LogP contribution >= 0.6 is 0 Å². The Balaban J connectivity index is 1.57. The lowest BCUT2D eigenvalue weighted by Gasteiger charge is -2.33. The van der Waals surface area contributed by atoms with E-state index in [0.29, 0.717) is 39.0 Å². The second-order valence-electron chi connectivity index (χ2n) is 12.5. The number of aryl methyl sites for hydroxylation is 1. The number of para-hydroxylation sites is 1. The van der Waals surface area contributed by atoms with Crippen LogP contribution in [-0.4, -0.2) is 76.6 Å². The number of amides is 3. The largest absolute Gasteiger partial charge is 0.458 e. The van der Waals surface area contributed by atoms with Crippen molar-refractivity contribution in [2.75, 3.05) is 26.2 Å². The van der Waals surface area contributed by atoms with Crippen LogP contribution in [0.5, 0.6) is 0 Å². The lowest BCUT2D eigenvalue weighted by Crippen LogP contribution is -2.55. The number of nitrogens with two attached hydrogens (primary N) is 1. The van der Waals surface area contributed by atoms with E-state index in [1.807, 2.05) is 60.5 Å². The van der Waals surface area contributed by atoms with Crippen molar-refractivity contribution in [3.05, 3.63) is 71.9 Å². The number of H-pyrrole nitrogens is 1. The number of hydrogen-bond acceptors (Lipinski definition) is 5. The number of carbonyl (C=O) groups is 3. The highest BCUT2D eigenvalue weighted by Crippen LogP contribution is 2.32. The minimum atomic E-state index is -0.837. The number of benzene rings is 2. The van der Waals surface area contributed by atoms with E-state index in [1.54, 1.807) is 25.7 Å². The zero-order valence-corrected chi connectivity index (χ0v) is 26.0. The van der Waals surface area contributed by atoms with Gasteiger partial charge in [-0.2, -0.15) is 0 Å². The average molecular weight is 590 g/mol. The summed E-state index contributed by atoms with van der Waals surface area (Å²) >= 11 is 0. The number of fused-ring (bicyclic) bond motifs is 1. The first-order valence-corrected chi connectivity index (χ1v) is 15.5. The van der Waals surface area contributed by atoms with Crippen molar-refractivity contribution >= 4 is 28.8 Å². The summed E-state index contributed by atoms with van der Waals surface area (Å²) < 4.78 is 5.67. The van der Waals surface area contributed by atoms with Crippen LogP contribution < -0.4 is 11.1 Å². The molecule has 3 aromatic rings. The zero-order valence-electron chi connectivity index (χ0n) is 26.0. The van der Waals surface area contributed by atoms with Gasteiger partial charge in [0.1, 0.15) is 17.7 Å². The number of ether oxygens (including phenoxy) is 1. The van der Waals surface area contributed by atoms with Crippen LogP contribution in [0, 0.1) is 0 Å². The molecule has 232 valence electrons. The van der Waals surface area contributed by atoms with Gasteiger partial charge in [0.15, 0.2) is 0 Å². The first-order valence-electron chi connectivity index (χ1n) is 15.5. The fourth-order valence-electron chi connectivity index (χ4n) is 5.84. The van der Waals surface area contributed by atoms with Crippen molar-refractivity contribution in [1.29, 1.82) is 0 Å². The number of rotatable bonds is 14. The molecule has 1 aliphatic heterocycles. The van der Waals surface area contributed by atoms with Gasteiger partial charge >= 0.3 is 12.0 Å².